The first kappa shape index (κ1) is 21.6. The highest BCUT2D eigenvalue weighted by molar-refractivity contribution is 7.89. The van der Waals surface area contributed by atoms with Crippen LogP contribution in [0.1, 0.15) is 46.8 Å². The SMILES string of the molecule is Cc1ccc(S(N)(=O)=O)cc1C(=O)OCC(=O)Nc1c(C)cccc1C(C)C. The van der Waals surface area contributed by atoms with Crippen molar-refractivity contribution in [3.05, 3.63) is 58.7 Å². The smallest absolute Gasteiger partial charge is 0.338 e. The summed E-state index contributed by atoms with van der Waals surface area (Å²) in [6.45, 7) is 7.06. The number of anilines is 1. The fourth-order valence-electron chi connectivity index (χ4n) is 2.72. The number of esters is 1. The van der Waals surface area contributed by atoms with Crippen molar-refractivity contribution in [2.24, 2.45) is 5.14 Å². The molecule has 0 aromatic heterocycles. The Bertz CT molecular complexity index is 1010. The van der Waals surface area contributed by atoms with Crippen molar-refractivity contribution in [3.8, 4) is 0 Å². The number of benzene rings is 2. The fourth-order valence-corrected chi connectivity index (χ4v) is 3.26. The van der Waals surface area contributed by atoms with Crippen molar-refractivity contribution in [2.75, 3.05) is 11.9 Å². The van der Waals surface area contributed by atoms with Crippen molar-refractivity contribution in [2.45, 2.75) is 38.5 Å². The lowest BCUT2D eigenvalue weighted by atomic mass is 9.98. The van der Waals surface area contributed by atoms with Crippen LogP contribution in [0.25, 0.3) is 0 Å². The first-order valence-electron chi connectivity index (χ1n) is 8.70. The molecule has 7 nitrogen and oxygen atoms in total. The van der Waals surface area contributed by atoms with Gasteiger partial charge in [0.05, 0.1) is 10.5 Å². The molecular weight excluding hydrogens is 380 g/mol. The van der Waals surface area contributed by atoms with Crippen molar-refractivity contribution in [1.82, 2.24) is 0 Å². The van der Waals surface area contributed by atoms with E-state index in [0.29, 0.717) is 11.3 Å². The molecule has 0 bridgehead atoms. The summed E-state index contributed by atoms with van der Waals surface area (Å²) in [4.78, 5) is 24.4. The van der Waals surface area contributed by atoms with Gasteiger partial charge in [-0.05, 0) is 48.6 Å². The van der Waals surface area contributed by atoms with E-state index in [-0.39, 0.29) is 16.4 Å². The van der Waals surface area contributed by atoms with Gasteiger partial charge in [-0.25, -0.2) is 18.4 Å². The Morgan fingerprint density at radius 3 is 2.39 bits per heavy atom. The van der Waals surface area contributed by atoms with Crippen molar-refractivity contribution < 1.29 is 22.7 Å². The molecule has 8 heteroatoms. The quantitative estimate of drug-likeness (QED) is 0.718. The predicted octanol–water partition coefficient (Wildman–Crippen LogP) is 2.87. The molecule has 0 spiro atoms. The molecule has 150 valence electrons. The molecule has 28 heavy (non-hydrogen) atoms. The number of hydrogen-bond donors (Lipinski definition) is 2. The van der Waals surface area contributed by atoms with E-state index < -0.39 is 28.5 Å². The number of carbonyl (C=O) groups is 2. The van der Waals surface area contributed by atoms with Crippen LogP contribution in [0.15, 0.2) is 41.3 Å². The lowest BCUT2D eigenvalue weighted by Gasteiger charge is -2.16. The van der Waals surface area contributed by atoms with Gasteiger partial charge in [-0.2, -0.15) is 0 Å². The Morgan fingerprint density at radius 2 is 1.79 bits per heavy atom. The lowest BCUT2D eigenvalue weighted by Crippen LogP contribution is -2.23. The van der Waals surface area contributed by atoms with Crippen LogP contribution in [0.2, 0.25) is 0 Å². The molecule has 0 radical (unpaired) electrons. The zero-order valence-corrected chi connectivity index (χ0v) is 17.1. The Balaban J connectivity index is 2.11. The van der Waals surface area contributed by atoms with E-state index >= 15 is 0 Å². The van der Waals surface area contributed by atoms with E-state index in [1.807, 2.05) is 39.0 Å². The number of hydrogen-bond acceptors (Lipinski definition) is 5. The molecule has 0 aliphatic heterocycles. The minimum absolute atomic E-state index is 0.0399. The topological polar surface area (TPSA) is 116 Å². The van der Waals surface area contributed by atoms with Crippen molar-refractivity contribution in [1.29, 1.82) is 0 Å². The summed E-state index contributed by atoms with van der Waals surface area (Å²) in [6, 6.07) is 9.64. The van der Waals surface area contributed by atoms with Gasteiger partial charge in [0.2, 0.25) is 10.0 Å². The number of ether oxygens (including phenoxy) is 1. The number of aryl methyl sites for hydroxylation is 2. The number of nitrogens with one attached hydrogen (secondary N) is 1. The van der Waals surface area contributed by atoms with E-state index in [1.54, 1.807) is 6.92 Å². The summed E-state index contributed by atoms with van der Waals surface area (Å²) in [5, 5.41) is 7.88. The highest BCUT2D eigenvalue weighted by Gasteiger charge is 2.18. The molecule has 0 saturated carbocycles. The van der Waals surface area contributed by atoms with Gasteiger partial charge in [-0.15, -0.1) is 0 Å². The van der Waals surface area contributed by atoms with Gasteiger partial charge in [-0.3, -0.25) is 4.79 Å². The number of amides is 1. The van der Waals surface area contributed by atoms with E-state index in [1.165, 1.54) is 12.1 Å². The number of nitrogens with two attached hydrogens (primary N) is 1. The molecule has 0 aliphatic rings. The first-order chi connectivity index (χ1) is 13.0. The third-order valence-corrected chi connectivity index (χ3v) is 5.19. The average Bonchev–Trinajstić information content (AvgIpc) is 2.60. The molecule has 0 unspecified atom stereocenters. The summed E-state index contributed by atoms with van der Waals surface area (Å²) < 4.78 is 28.0. The Morgan fingerprint density at radius 1 is 1.11 bits per heavy atom. The number of para-hydroxylation sites is 1. The third kappa shape index (κ3) is 5.17. The predicted molar refractivity (Wildman–Crippen MR) is 107 cm³/mol. The molecular formula is C20H24N2O5S. The maximum atomic E-state index is 12.3. The van der Waals surface area contributed by atoms with E-state index in [9.17, 15) is 18.0 Å². The van der Waals surface area contributed by atoms with Gasteiger partial charge >= 0.3 is 5.97 Å². The van der Waals surface area contributed by atoms with Crippen LogP contribution in [-0.2, 0) is 19.6 Å². The Hall–Kier alpha value is -2.71. The van der Waals surface area contributed by atoms with Gasteiger partial charge < -0.3 is 10.1 Å². The van der Waals surface area contributed by atoms with Gasteiger partial charge in [0.1, 0.15) is 0 Å². The zero-order chi connectivity index (χ0) is 21.1. The van der Waals surface area contributed by atoms with Gasteiger partial charge in [-0.1, -0.05) is 38.1 Å². The van der Waals surface area contributed by atoms with Crippen LogP contribution in [0, 0.1) is 13.8 Å². The molecule has 0 heterocycles. The third-order valence-electron chi connectivity index (χ3n) is 4.28. The summed E-state index contributed by atoms with van der Waals surface area (Å²) >= 11 is 0. The van der Waals surface area contributed by atoms with Crippen LogP contribution >= 0.6 is 0 Å². The number of carbonyl (C=O) groups excluding carboxylic acids is 2. The lowest BCUT2D eigenvalue weighted by molar-refractivity contribution is -0.119. The standard InChI is InChI=1S/C20H24N2O5S/c1-12(2)16-7-5-6-14(4)19(16)22-18(23)11-27-20(24)17-10-15(28(21,25)26)9-8-13(17)3/h5-10,12H,11H2,1-4H3,(H,22,23)(H2,21,25,26). The molecule has 0 aliphatic carbocycles. The van der Waals surface area contributed by atoms with Gasteiger partial charge in [0.25, 0.3) is 5.91 Å². The molecule has 0 saturated heterocycles. The molecule has 0 fully saturated rings. The Kier molecular flexibility index (Phi) is 6.58. The minimum atomic E-state index is -3.95. The van der Waals surface area contributed by atoms with E-state index in [0.717, 1.165) is 17.2 Å². The second kappa shape index (κ2) is 8.53. The van der Waals surface area contributed by atoms with Crippen LogP contribution in [0.4, 0.5) is 5.69 Å². The monoisotopic (exact) mass is 404 g/mol. The second-order valence-electron chi connectivity index (χ2n) is 6.84. The van der Waals surface area contributed by atoms with Crippen LogP contribution in [0.3, 0.4) is 0 Å². The van der Waals surface area contributed by atoms with Crippen LogP contribution in [0.5, 0.6) is 0 Å². The maximum Gasteiger partial charge on any atom is 0.338 e. The first-order valence-corrected chi connectivity index (χ1v) is 10.2. The van der Waals surface area contributed by atoms with Gasteiger partial charge in [0.15, 0.2) is 6.61 Å². The molecule has 2 rings (SSSR count). The Labute approximate surface area is 164 Å². The van der Waals surface area contributed by atoms with Gasteiger partial charge in [0, 0.05) is 5.69 Å². The second-order valence-corrected chi connectivity index (χ2v) is 8.40. The largest absolute Gasteiger partial charge is 0.452 e. The highest BCUT2D eigenvalue weighted by atomic mass is 32.2. The van der Waals surface area contributed by atoms with Crippen molar-refractivity contribution in [3.63, 3.8) is 0 Å². The van der Waals surface area contributed by atoms with Crippen molar-refractivity contribution >= 4 is 27.6 Å². The van der Waals surface area contributed by atoms with E-state index in [4.69, 9.17) is 9.88 Å². The zero-order valence-electron chi connectivity index (χ0n) is 16.3. The summed E-state index contributed by atoms with van der Waals surface area (Å²) in [5.74, 6) is -1.07. The van der Waals surface area contributed by atoms with Crippen LogP contribution in [-0.4, -0.2) is 26.9 Å². The maximum absolute atomic E-state index is 12.3. The summed E-state index contributed by atoms with van der Waals surface area (Å²) in [7, 11) is -3.95. The molecule has 2 aromatic rings. The molecule has 3 N–H and O–H groups in total. The average molecular weight is 404 g/mol. The van der Waals surface area contributed by atoms with E-state index in [2.05, 4.69) is 5.32 Å². The number of rotatable bonds is 6. The van der Waals surface area contributed by atoms with Crippen LogP contribution < -0.4 is 10.5 Å². The fraction of sp³-hybridized carbons (Fsp3) is 0.300. The number of sulfonamides is 1. The minimum Gasteiger partial charge on any atom is -0.452 e. The molecule has 2 aromatic carbocycles. The number of primary sulfonamides is 1. The molecule has 1 amide bonds. The molecule has 0 atom stereocenters. The normalized spacial score (nSPS) is 11.4. The summed E-state index contributed by atoms with van der Waals surface area (Å²) in [5.41, 5.74) is 3.14. The highest BCUT2D eigenvalue weighted by Crippen LogP contribution is 2.27. The summed E-state index contributed by atoms with van der Waals surface area (Å²) in [6.07, 6.45) is 0.